The number of benzene rings is 2. The van der Waals surface area contributed by atoms with Crippen LogP contribution >= 0.6 is 15.9 Å². The number of ketones is 1. The highest BCUT2D eigenvalue weighted by Crippen LogP contribution is 2.34. The average Bonchev–Trinajstić information content (AvgIpc) is 3.35. The van der Waals surface area contributed by atoms with E-state index < -0.39 is 12.1 Å². The molecule has 9 nitrogen and oxygen atoms in total. The van der Waals surface area contributed by atoms with E-state index >= 15 is 0 Å². The molecule has 1 aliphatic rings. The van der Waals surface area contributed by atoms with Crippen LogP contribution in [0.4, 0.5) is 0 Å². The summed E-state index contributed by atoms with van der Waals surface area (Å²) in [5.41, 5.74) is 3.11. The van der Waals surface area contributed by atoms with Gasteiger partial charge in [0.1, 0.15) is 24.1 Å². The van der Waals surface area contributed by atoms with E-state index in [9.17, 15) is 4.79 Å². The third-order valence-corrected chi connectivity index (χ3v) is 6.47. The molecule has 2 aromatic carbocycles. The lowest BCUT2D eigenvalue weighted by Gasteiger charge is -2.25. The van der Waals surface area contributed by atoms with Crippen LogP contribution in [0.25, 0.3) is 0 Å². The number of rotatable bonds is 9. The Morgan fingerprint density at radius 3 is 2.59 bits per heavy atom. The summed E-state index contributed by atoms with van der Waals surface area (Å²) < 4.78 is 14.7. The Morgan fingerprint density at radius 2 is 1.88 bits per heavy atom. The summed E-state index contributed by atoms with van der Waals surface area (Å²) in [4.78, 5) is 13.7. The van der Waals surface area contributed by atoms with Gasteiger partial charge in [-0.2, -0.15) is 5.10 Å². The van der Waals surface area contributed by atoms with Gasteiger partial charge in [0.2, 0.25) is 0 Å². The largest absolute Gasteiger partial charge is 0.490 e. The van der Waals surface area contributed by atoms with Crippen molar-refractivity contribution in [2.45, 2.75) is 40.2 Å². The lowest BCUT2D eigenvalue weighted by molar-refractivity contribution is -0.0581. The predicted molar refractivity (Wildman–Crippen MR) is 131 cm³/mol. The lowest BCUT2D eigenvalue weighted by Crippen LogP contribution is -2.38. The Morgan fingerprint density at radius 1 is 1.12 bits per heavy atom. The first kappa shape index (κ1) is 24.0. The monoisotopic (exact) mass is 526 g/mol. The molecule has 1 aliphatic heterocycles. The van der Waals surface area contributed by atoms with E-state index in [1.165, 1.54) is 0 Å². The normalized spacial score (nSPS) is 17.7. The van der Waals surface area contributed by atoms with Crippen LogP contribution in [0.2, 0.25) is 0 Å². The van der Waals surface area contributed by atoms with Crippen molar-refractivity contribution in [1.82, 2.24) is 25.2 Å². The topological polar surface area (TPSA) is 94.7 Å². The van der Waals surface area contributed by atoms with E-state index in [1.54, 1.807) is 9.69 Å². The molecule has 0 radical (unpaired) electrons. The lowest BCUT2D eigenvalue weighted by atomic mass is 9.90. The van der Waals surface area contributed by atoms with Gasteiger partial charge in [-0.25, -0.2) is 4.68 Å². The second-order valence-electron chi connectivity index (χ2n) is 8.19. The van der Waals surface area contributed by atoms with Crippen molar-refractivity contribution in [2.24, 2.45) is 11.0 Å². The van der Waals surface area contributed by atoms with E-state index in [0.29, 0.717) is 36.9 Å². The second-order valence-corrected chi connectivity index (χ2v) is 9.05. The highest BCUT2D eigenvalue weighted by molar-refractivity contribution is 9.10. The van der Waals surface area contributed by atoms with Crippen molar-refractivity contribution in [3.05, 3.63) is 69.5 Å². The zero-order valence-corrected chi connectivity index (χ0v) is 21.2. The quantitative estimate of drug-likeness (QED) is 0.391. The molecule has 34 heavy (non-hydrogen) atoms. The van der Waals surface area contributed by atoms with Crippen LogP contribution in [0.15, 0.2) is 52.0 Å². The van der Waals surface area contributed by atoms with Crippen LogP contribution in [0, 0.1) is 19.8 Å². The van der Waals surface area contributed by atoms with Gasteiger partial charge >= 0.3 is 0 Å². The molecule has 2 heterocycles. The highest BCUT2D eigenvalue weighted by atomic mass is 79.9. The molecule has 0 amide bonds. The minimum atomic E-state index is -0.509. The molecule has 0 saturated carbocycles. The Kier molecular flexibility index (Phi) is 7.38. The van der Waals surface area contributed by atoms with Gasteiger partial charge in [-0.3, -0.25) is 9.80 Å². The van der Waals surface area contributed by atoms with Gasteiger partial charge in [0.05, 0.1) is 23.3 Å². The Labute approximate surface area is 206 Å². The van der Waals surface area contributed by atoms with E-state index in [0.717, 1.165) is 21.3 Å². The molecular formula is C24H27BrN6O3. The van der Waals surface area contributed by atoms with Crippen LogP contribution in [0.5, 0.6) is 5.75 Å². The molecule has 0 aliphatic carbocycles. The van der Waals surface area contributed by atoms with E-state index in [-0.39, 0.29) is 5.78 Å². The van der Waals surface area contributed by atoms with E-state index in [4.69, 9.17) is 9.47 Å². The van der Waals surface area contributed by atoms with Crippen LogP contribution in [0.1, 0.15) is 34.2 Å². The number of nitrogens with zero attached hydrogens (tertiary/aromatic N) is 6. The summed E-state index contributed by atoms with van der Waals surface area (Å²) in [6, 6.07) is 13.6. The molecule has 0 bridgehead atoms. The second kappa shape index (κ2) is 10.4. The number of hydrogen-bond donors (Lipinski definition) is 0. The molecule has 0 spiro atoms. The van der Waals surface area contributed by atoms with Crippen LogP contribution in [0.3, 0.4) is 0 Å². The van der Waals surface area contributed by atoms with Crippen LogP contribution in [-0.4, -0.2) is 56.6 Å². The number of tetrazole rings is 1. The summed E-state index contributed by atoms with van der Waals surface area (Å²) in [6.45, 7) is 6.84. The maximum Gasteiger partial charge on any atom is 0.176 e. The first-order chi connectivity index (χ1) is 16.4. The molecule has 10 heteroatoms. The van der Waals surface area contributed by atoms with Crippen molar-refractivity contribution in [3.8, 4) is 5.75 Å². The number of hydrazone groups is 1. The van der Waals surface area contributed by atoms with Gasteiger partial charge in [-0.15, -0.1) is 5.10 Å². The van der Waals surface area contributed by atoms with Crippen molar-refractivity contribution in [1.29, 1.82) is 0 Å². The van der Waals surface area contributed by atoms with E-state index in [1.807, 2.05) is 70.3 Å². The molecule has 0 saturated heterocycles. The summed E-state index contributed by atoms with van der Waals surface area (Å²) >= 11 is 3.55. The number of carbonyl (C=O) groups excluding carboxylic acids is 1. The summed E-state index contributed by atoms with van der Waals surface area (Å²) in [5.74, 6) is 0.782. The van der Waals surface area contributed by atoms with Crippen molar-refractivity contribution >= 4 is 27.4 Å². The number of Topliss-reactive ketones (excluding diaryl/α,β-unsaturated/α-hetero) is 1. The molecule has 1 aromatic heterocycles. The van der Waals surface area contributed by atoms with Gasteiger partial charge < -0.3 is 9.47 Å². The molecule has 2 unspecified atom stereocenters. The number of aryl methyl sites for hydroxylation is 1. The van der Waals surface area contributed by atoms with Crippen LogP contribution in [-0.2, 0) is 17.9 Å². The number of aromatic nitrogens is 4. The smallest absolute Gasteiger partial charge is 0.176 e. The van der Waals surface area contributed by atoms with Crippen LogP contribution < -0.4 is 4.74 Å². The molecule has 4 rings (SSSR count). The Balaban J connectivity index is 1.51. The molecule has 3 aromatic rings. The van der Waals surface area contributed by atoms with Crippen molar-refractivity contribution in [3.63, 3.8) is 0 Å². The first-order valence-corrected chi connectivity index (χ1v) is 11.8. The minimum absolute atomic E-state index is 0.0465. The zero-order valence-electron chi connectivity index (χ0n) is 19.6. The van der Waals surface area contributed by atoms with Gasteiger partial charge in [0, 0.05) is 18.2 Å². The standard InChI is InChI=1S/C24H27BrN6O3/c1-15-19(10-11-20(25)23(15)33-13-12-31-17(3)26-28-29-31)22(32)21-16(2)27-30(4)24(21)34-14-18-8-6-5-7-9-18/h5-11,21,24H,12-14H2,1-4H3. The average molecular weight is 527 g/mol. The van der Waals surface area contributed by atoms with Crippen molar-refractivity contribution < 1.29 is 14.3 Å². The summed E-state index contributed by atoms with van der Waals surface area (Å²) in [5, 5.41) is 17.7. The predicted octanol–water partition coefficient (Wildman–Crippen LogP) is 3.79. The van der Waals surface area contributed by atoms with Gasteiger partial charge in [0.25, 0.3) is 0 Å². The molecule has 0 fully saturated rings. The molecule has 2 atom stereocenters. The minimum Gasteiger partial charge on any atom is -0.490 e. The fraction of sp³-hybridized carbons (Fsp3) is 0.375. The summed E-state index contributed by atoms with van der Waals surface area (Å²) in [7, 11) is 1.83. The molecule has 178 valence electrons. The number of halogens is 1. The number of hydrogen-bond acceptors (Lipinski definition) is 8. The third kappa shape index (κ3) is 5.02. The molecular weight excluding hydrogens is 500 g/mol. The number of carbonyl (C=O) groups is 1. The zero-order chi connectivity index (χ0) is 24.2. The van der Waals surface area contributed by atoms with Gasteiger partial charge in [-0.1, -0.05) is 30.3 Å². The summed E-state index contributed by atoms with van der Waals surface area (Å²) in [6.07, 6.45) is -0.483. The maximum absolute atomic E-state index is 13.7. The maximum atomic E-state index is 13.7. The highest BCUT2D eigenvalue weighted by Gasteiger charge is 2.40. The first-order valence-electron chi connectivity index (χ1n) is 11.0. The fourth-order valence-corrected chi connectivity index (χ4v) is 4.57. The third-order valence-electron chi connectivity index (χ3n) is 5.85. The Bertz CT molecular complexity index is 1200. The SMILES string of the molecule is CC1=NN(C)C(OCc2ccccc2)C1C(=O)c1ccc(Br)c(OCCn2nnnc2C)c1C. The van der Waals surface area contributed by atoms with E-state index in [2.05, 4.69) is 36.6 Å². The molecule has 0 N–H and O–H groups in total. The van der Waals surface area contributed by atoms with Gasteiger partial charge in [-0.05, 0) is 64.8 Å². The number of ether oxygens (including phenoxy) is 2. The Hall–Kier alpha value is -3.11. The fourth-order valence-electron chi connectivity index (χ4n) is 4.03. The van der Waals surface area contributed by atoms with Crippen molar-refractivity contribution in [2.75, 3.05) is 13.7 Å². The van der Waals surface area contributed by atoms with Gasteiger partial charge in [0.15, 0.2) is 12.0 Å².